The van der Waals surface area contributed by atoms with E-state index in [4.69, 9.17) is 11.5 Å². The Bertz CT molecular complexity index is 431. The van der Waals surface area contributed by atoms with Gasteiger partial charge in [0.15, 0.2) is 0 Å². The zero-order chi connectivity index (χ0) is 14.4. The van der Waals surface area contributed by atoms with E-state index in [0.717, 1.165) is 31.5 Å². The average molecular weight is 263 g/mol. The smallest absolute Gasteiger partial charge is 0.250 e. The van der Waals surface area contributed by atoms with E-state index in [0.29, 0.717) is 17.3 Å². The van der Waals surface area contributed by atoms with Crippen LogP contribution in [0.2, 0.25) is 0 Å². The molecule has 0 spiro atoms. The third-order valence-corrected chi connectivity index (χ3v) is 3.53. The molecule has 0 aromatic heterocycles. The number of carbonyl (C=O) groups is 1. The van der Waals surface area contributed by atoms with E-state index in [1.807, 2.05) is 12.1 Å². The van der Waals surface area contributed by atoms with Crippen molar-refractivity contribution in [1.29, 1.82) is 0 Å². The molecule has 1 atom stereocenters. The Balaban J connectivity index is 3.14. The molecule has 0 aliphatic heterocycles. The zero-order valence-corrected chi connectivity index (χ0v) is 12.1. The van der Waals surface area contributed by atoms with Crippen LogP contribution in [-0.2, 0) is 0 Å². The Morgan fingerprint density at radius 2 is 2.05 bits per heavy atom. The first-order chi connectivity index (χ1) is 9.02. The number of unbranched alkanes of at least 4 members (excludes halogenated alkanes) is 1. The van der Waals surface area contributed by atoms with Crippen LogP contribution >= 0.6 is 0 Å². The number of benzene rings is 1. The van der Waals surface area contributed by atoms with E-state index >= 15 is 0 Å². The summed E-state index contributed by atoms with van der Waals surface area (Å²) in [5, 5.41) is 0. The average Bonchev–Trinajstić information content (AvgIpc) is 2.39. The summed E-state index contributed by atoms with van der Waals surface area (Å²) in [5.41, 5.74) is 13.3. The summed E-state index contributed by atoms with van der Waals surface area (Å²) in [6, 6.07) is 5.86. The largest absolute Gasteiger partial charge is 0.396 e. The Labute approximate surface area is 115 Å². The second-order valence-electron chi connectivity index (χ2n) is 4.91. The van der Waals surface area contributed by atoms with Crippen molar-refractivity contribution in [2.24, 2.45) is 5.73 Å². The molecule has 0 saturated heterocycles. The molecule has 0 fully saturated rings. The van der Waals surface area contributed by atoms with Gasteiger partial charge in [-0.1, -0.05) is 26.3 Å². The molecule has 1 aromatic carbocycles. The molecule has 0 radical (unpaired) electrons. The molecule has 0 heterocycles. The Morgan fingerprint density at radius 3 is 2.58 bits per heavy atom. The number of rotatable bonds is 7. The van der Waals surface area contributed by atoms with Crippen LogP contribution < -0.4 is 16.4 Å². The fraction of sp³-hybridized carbons (Fsp3) is 0.533. The molecule has 0 aliphatic carbocycles. The van der Waals surface area contributed by atoms with E-state index < -0.39 is 5.91 Å². The highest BCUT2D eigenvalue weighted by atomic mass is 16.1. The minimum atomic E-state index is -0.473. The van der Waals surface area contributed by atoms with Crippen molar-refractivity contribution >= 4 is 17.3 Å². The predicted molar refractivity (Wildman–Crippen MR) is 81.4 cm³/mol. The highest BCUT2D eigenvalue weighted by molar-refractivity contribution is 6.00. The summed E-state index contributed by atoms with van der Waals surface area (Å²) in [7, 11) is 0. The van der Waals surface area contributed by atoms with Gasteiger partial charge in [0.05, 0.1) is 16.9 Å². The molecule has 4 N–H and O–H groups in total. The molecule has 0 bridgehead atoms. The molecular formula is C15H25N3O. The number of primary amides is 1. The predicted octanol–water partition coefficient (Wildman–Crippen LogP) is 2.77. The lowest BCUT2D eigenvalue weighted by atomic mass is 10.1. The van der Waals surface area contributed by atoms with Gasteiger partial charge in [0.1, 0.15) is 0 Å². The van der Waals surface area contributed by atoms with E-state index in [1.165, 1.54) is 0 Å². The fourth-order valence-electron chi connectivity index (χ4n) is 2.15. The molecule has 19 heavy (non-hydrogen) atoms. The summed E-state index contributed by atoms with van der Waals surface area (Å²) in [6.07, 6.45) is 3.26. The van der Waals surface area contributed by atoms with Gasteiger partial charge in [-0.3, -0.25) is 4.79 Å². The van der Waals surface area contributed by atoms with Crippen molar-refractivity contribution in [1.82, 2.24) is 0 Å². The van der Waals surface area contributed by atoms with Gasteiger partial charge < -0.3 is 16.4 Å². The normalized spacial score (nSPS) is 12.2. The number of anilines is 2. The highest BCUT2D eigenvalue weighted by Gasteiger charge is 2.18. The first-order valence-corrected chi connectivity index (χ1v) is 6.97. The molecule has 1 rings (SSSR count). The number of amides is 1. The fourth-order valence-corrected chi connectivity index (χ4v) is 2.15. The van der Waals surface area contributed by atoms with E-state index in [-0.39, 0.29) is 0 Å². The van der Waals surface area contributed by atoms with Crippen LogP contribution in [0, 0.1) is 0 Å². The number of nitrogen functional groups attached to an aromatic ring is 1. The summed E-state index contributed by atoms with van der Waals surface area (Å²) < 4.78 is 0. The Hall–Kier alpha value is -1.71. The number of hydrogen-bond acceptors (Lipinski definition) is 3. The number of para-hydroxylation sites is 1. The third-order valence-electron chi connectivity index (χ3n) is 3.53. The standard InChI is InChI=1S/C15H25N3O/c1-4-6-10-18(11(3)5-2)13-9-7-8-12(14(13)16)15(17)19/h7-9,11H,4-6,10,16H2,1-3H3,(H2,17,19). The maximum absolute atomic E-state index is 11.4. The molecule has 106 valence electrons. The van der Waals surface area contributed by atoms with Gasteiger partial charge >= 0.3 is 0 Å². The van der Waals surface area contributed by atoms with Crippen LogP contribution in [0.5, 0.6) is 0 Å². The van der Waals surface area contributed by atoms with Gasteiger partial charge in [0, 0.05) is 12.6 Å². The van der Waals surface area contributed by atoms with Crippen LogP contribution in [0.4, 0.5) is 11.4 Å². The van der Waals surface area contributed by atoms with Crippen molar-refractivity contribution in [3.63, 3.8) is 0 Å². The van der Waals surface area contributed by atoms with Gasteiger partial charge in [-0.2, -0.15) is 0 Å². The van der Waals surface area contributed by atoms with Crippen LogP contribution in [0.15, 0.2) is 18.2 Å². The molecule has 1 unspecified atom stereocenters. The SMILES string of the molecule is CCCCN(c1cccc(C(N)=O)c1N)C(C)CC. The maximum Gasteiger partial charge on any atom is 0.250 e. The lowest BCUT2D eigenvalue weighted by molar-refractivity contribution is 0.100. The van der Waals surface area contributed by atoms with Crippen molar-refractivity contribution in [3.8, 4) is 0 Å². The number of nitrogens with two attached hydrogens (primary N) is 2. The van der Waals surface area contributed by atoms with Crippen molar-refractivity contribution in [2.45, 2.75) is 46.1 Å². The van der Waals surface area contributed by atoms with Crippen molar-refractivity contribution in [3.05, 3.63) is 23.8 Å². The molecule has 1 aromatic rings. The number of nitrogens with zero attached hydrogens (tertiary/aromatic N) is 1. The van der Waals surface area contributed by atoms with Gasteiger partial charge in [-0.05, 0) is 31.9 Å². The lowest BCUT2D eigenvalue weighted by Gasteiger charge is -2.32. The summed E-state index contributed by atoms with van der Waals surface area (Å²) >= 11 is 0. The summed E-state index contributed by atoms with van der Waals surface area (Å²) in [5.74, 6) is -0.473. The van der Waals surface area contributed by atoms with Gasteiger partial charge in [-0.15, -0.1) is 0 Å². The van der Waals surface area contributed by atoms with Gasteiger partial charge in [-0.25, -0.2) is 0 Å². The second kappa shape index (κ2) is 7.02. The van der Waals surface area contributed by atoms with Crippen molar-refractivity contribution < 1.29 is 4.79 Å². The number of carbonyl (C=O) groups excluding carboxylic acids is 1. The summed E-state index contributed by atoms with van der Waals surface area (Å²) in [6.45, 7) is 7.43. The second-order valence-corrected chi connectivity index (χ2v) is 4.91. The van der Waals surface area contributed by atoms with E-state index in [2.05, 4.69) is 25.7 Å². The first kappa shape index (κ1) is 15.3. The lowest BCUT2D eigenvalue weighted by Crippen LogP contribution is -2.34. The number of hydrogen-bond donors (Lipinski definition) is 2. The van der Waals surface area contributed by atoms with Crippen molar-refractivity contribution in [2.75, 3.05) is 17.2 Å². The third kappa shape index (κ3) is 3.63. The molecular weight excluding hydrogens is 238 g/mol. The maximum atomic E-state index is 11.4. The topological polar surface area (TPSA) is 72.3 Å². The summed E-state index contributed by atoms with van der Waals surface area (Å²) in [4.78, 5) is 13.6. The van der Waals surface area contributed by atoms with Gasteiger partial charge in [0.2, 0.25) is 0 Å². The first-order valence-electron chi connectivity index (χ1n) is 6.97. The Morgan fingerprint density at radius 1 is 1.37 bits per heavy atom. The van der Waals surface area contributed by atoms with Crippen LogP contribution in [0.25, 0.3) is 0 Å². The minimum Gasteiger partial charge on any atom is -0.396 e. The van der Waals surface area contributed by atoms with Gasteiger partial charge in [0.25, 0.3) is 5.91 Å². The molecule has 4 heteroatoms. The van der Waals surface area contributed by atoms with Crippen LogP contribution in [0.1, 0.15) is 50.4 Å². The zero-order valence-electron chi connectivity index (χ0n) is 12.1. The minimum absolute atomic E-state index is 0.386. The molecule has 0 saturated carbocycles. The van der Waals surface area contributed by atoms with Crippen LogP contribution in [-0.4, -0.2) is 18.5 Å². The highest BCUT2D eigenvalue weighted by Crippen LogP contribution is 2.29. The van der Waals surface area contributed by atoms with Crippen LogP contribution in [0.3, 0.4) is 0 Å². The monoisotopic (exact) mass is 263 g/mol. The quantitative estimate of drug-likeness (QED) is 0.743. The van der Waals surface area contributed by atoms with E-state index in [1.54, 1.807) is 6.07 Å². The Kier molecular flexibility index (Phi) is 5.67. The molecule has 4 nitrogen and oxygen atoms in total. The molecule has 0 aliphatic rings. The molecule has 1 amide bonds. The van der Waals surface area contributed by atoms with E-state index in [9.17, 15) is 4.79 Å².